The molecular formula is C36H52N6O6. The molecule has 0 fully saturated rings. The van der Waals surface area contributed by atoms with Crippen molar-refractivity contribution in [1.82, 2.24) is 31.1 Å². The van der Waals surface area contributed by atoms with Crippen molar-refractivity contribution in [3.05, 3.63) is 65.7 Å². The van der Waals surface area contributed by atoms with Gasteiger partial charge in [0.25, 0.3) is 5.91 Å². The Morgan fingerprint density at radius 3 is 2.38 bits per heavy atom. The quantitative estimate of drug-likeness (QED) is 0.285. The molecule has 48 heavy (non-hydrogen) atoms. The highest BCUT2D eigenvalue weighted by Gasteiger charge is 2.29. The lowest BCUT2D eigenvalue weighted by atomic mass is 10.0. The van der Waals surface area contributed by atoms with Crippen LogP contribution in [0.5, 0.6) is 5.75 Å². The first-order chi connectivity index (χ1) is 22.9. The zero-order valence-electron chi connectivity index (χ0n) is 28.9. The number of carbonyl (C=O) groups excluding carboxylic acids is 5. The van der Waals surface area contributed by atoms with Gasteiger partial charge in [-0.2, -0.15) is 0 Å². The van der Waals surface area contributed by atoms with E-state index in [1.54, 1.807) is 24.3 Å². The van der Waals surface area contributed by atoms with Crippen molar-refractivity contribution in [2.24, 2.45) is 5.92 Å². The van der Waals surface area contributed by atoms with E-state index in [1.165, 1.54) is 11.9 Å². The van der Waals surface area contributed by atoms with Crippen LogP contribution in [0, 0.1) is 5.92 Å². The molecule has 12 heteroatoms. The number of ether oxygens (including phenoxy) is 1. The lowest BCUT2D eigenvalue weighted by molar-refractivity contribution is -0.138. The zero-order valence-corrected chi connectivity index (χ0v) is 28.9. The Bertz CT molecular complexity index is 1370. The molecule has 3 rings (SSSR count). The fraction of sp³-hybridized carbons (Fsp3) is 0.528. The molecule has 0 saturated carbocycles. The first-order valence-electron chi connectivity index (χ1n) is 16.8. The van der Waals surface area contributed by atoms with Gasteiger partial charge in [0, 0.05) is 26.4 Å². The van der Waals surface area contributed by atoms with Gasteiger partial charge >= 0.3 is 0 Å². The van der Waals surface area contributed by atoms with E-state index in [9.17, 15) is 24.0 Å². The second-order valence-electron chi connectivity index (χ2n) is 13.1. The number of rotatable bonds is 10. The van der Waals surface area contributed by atoms with Crippen LogP contribution in [0.3, 0.4) is 0 Å². The van der Waals surface area contributed by atoms with Crippen LogP contribution in [-0.4, -0.2) is 105 Å². The van der Waals surface area contributed by atoms with E-state index in [0.29, 0.717) is 18.7 Å². The maximum Gasteiger partial charge on any atom is 0.255 e. The van der Waals surface area contributed by atoms with Crippen molar-refractivity contribution >= 4 is 29.5 Å². The second-order valence-corrected chi connectivity index (χ2v) is 13.1. The third-order valence-electron chi connectivity index (χ3n) is 7.98. The molecule has 1 aliphatic heterocycles. The van der Waals surface area contributed by atoms with Crippen LogP contribution in [0.25, 0.3) is 0 Å². The second kappa shape index (κ2) is 19.4. The molecule has 3 atom stereocenters. The first kappa shape index (κ1) is 38.0. The molecule has 1 heterocycles. The van der Waals surface area contributed by atoms with Gasteiger partial charge in [0.15, 0.2) is 0 Å². The Hall–Kier alpha value is -4.45. The normalized spacial score (nSPS) is 20.1. The third kappa shape index (κ3) is 13.0. The molecular weight excluding hydrogens is 612 g/mol. The SMILES string of the molecule is CC(C)C[C@H]1COc2ccccc2C(=O)N[C@H](C(=O)NCCCCN(C)C)CCC(=O)N[C@@H](Cc2ccccc2)C(=O)N(C)CC(=O)N1. The molecule has 2 aromatic rings. The number of hydrogen-bond acceptors (Lipinski definition) is 7. The Morgan fingerprint density at radius 2 is 1.67 bits per heavy atom. The minimum Gasteiger partial charge on any atom is -0.491 e. The van der Waals surface area contributed by atoms with E-state index in [-0.39, 0.29) is 49.8 Å². The maximum absolute atomic E-state index is 13.6. The molecule has 0 spiro atoms. The molecule has 262 valence electrons. The van der Waals surface area contributed by atoms with E-state index in [0.717, 1.165) is 24.9 Å². The number of unbranched alkanes of at least 4 members (excludes halogenated alkanes) is 1. The Morgan fingerprint density at radius 1 is 0.958 bits per heavy atom. The van der Waals surface area contributed by atoms with E-state index >= 15 is 0 Å². The zero-order chi connectivity index (χ0) is 35.1. The predicted molar refractivity (Wildman–Crippen MR) is 184 cm³/mol. The molecule has 0 radical (unpaired) electrons. The average molecular weight is 665 g/mol. The predicted octanol–water partition coefficient (Wildman–Crippen LogP) is 2.13. The van der Waals surface area contributed by atoms with Crippen LogP contribution in [-0.2, 0) is 25.6 Å². The van der Waals surface area contributed by atoms with Crippen LogP contribution in [0.15, 0.2) is 54.6 Å². The van der Waals surface area contributed by atoms with Gasteiger partial charge in [-0.3, -0.25) is 24.0 Å². The molecule has 5 amide bonds. The number of para-hydroxylation sites is 1. The van der Waals surface area contributed by atoms with Crippen LogP contribution >= 0.6 is 0 Å². The topological polar surface area (TPSA) is 149 Å². The highest BCUT2D eigenvalue weighted by Crippen LogP contribution is 2.20. The minimum absolute atomic E-state index is 0.00504. The summed E-state index contributed by atoms with van der Waals surface area (Å²) in [5, 5.41) is 11.5. The monoisotopic (exact) mass is 664 g/mol. The number of nitrogens with one attached hydrogen (secondary N) is 4. The van der Waals surface area contributed by atoms with Gasteiger partial charge in [0.05, 0.1) is 18.2 Å². The van der Waals surface area contributed by atoms with Gasteiger partial charge in [-0.25, -0.2) is 0 Å². The number of hydrogen-bond donors (Lipinski definition) is 4. The molecule has 0 aliphatic carbocycles. The molecule has 0 saturated heterocycles. The summed E-state index contributed by atoms with van der Waals surface area (Å²) in [7, 11) is 5.50. The van der Waals surface area contributed by atoms with Gasteiger partial charge in [-0.15, -0.1) is 0 Å². The largest absolute Gasteiger partial charge is 0.491 e. The lowest BCUT2D eigenvalue weighted by Gasteiger charge is -2.27. The van der Waals surface area contributed by atoms with Gasteiger partial charge in [0.1, 0.15) is 24.4 Å². The summed E-state index contributed by atoms with van der Waals surface area (Å²) in [5.41, 5.74) is 1.07. The Balaban J connectivity index is 1.90. The van der Waals surface area contributed by atoms with Gasteiger partial charge in [0.2, 0.25) is 23.6 Å². The van der Waals surface area contributed by atoms with Crippen LogP contribution in [0.2, 0.25) is 0 Å². The van der Waals surface area contributed by atoms with Crippen molar-refractivity contribution in [1.29, 1.82) is 0 Å². The van der Waals surface area contributed by atoms with Gasteiger partial charge in [-0.1, -0.05) is 56.3 Å². The van der Waals surface area contributed by atoms with Crippen LogP contribution in [0.4, 0.5) is 0 Å². The summed E-state index contributed by atoms with van der Waals surface area (Å²) < 4.78 is 6.10. The number of amides is 5. The van der Waals surface area contributed by atoms with Crippen molar-refractivity contribution in [2.45, 2.75) is 70.5 Å². The van der Waals surface area contributed by atoms with E-state index in [1.807, 2.05) is 58.3 Å². The average Bonchev–Trinajstić information content (AvgIpc) is 3.04. The fourth-order valence-corrected chi connectivity index (χ4v) is 5.53. The summed E-state index contributed by atoms with van der Waals surface area (Å²) in [6.45, 7) is 5.23. The Labute approximate surface area is 284 Å². The summed E-state index contributed by atoms with van der Waals surface area (Å²) >= 11 is 0. The smallest absolute Gasteiger partial charge is 0.255 e. The van der Waals surface area contributed by atoms with E-state index < -0.39 is 41.8 Å². The van der Waals surface area contributed by atoms with Gasteiger partial charge in [-0.05, 0) is 69.9 Å². The summed E-state index contributed by atoms with van der Waals surface area (Å²) in [4.78, 5) is 70.4. The highest BCUT2D eigenvalue weighted by molar-refractivity contribution is 6.00. The van der Waals surface area contributed by atoms with E-state index in [2.05, 4.69) is 26.2 Å². The maximum atomic E-state index is 13.6. The summed E-state index contributed by atoms with van der Waals surface area (Å²) in [5.74, 6) is -1.64. The molecule has 0 bridgehead atoms. The Kier molecular flexibility index (Phi) is 15.4. The van der Waals surface area contributed by atoms with Crippen molar-refractivity contribution in [3.63, 3.8) is 0 Å². The molecule has 4 N–H and O–H groups in total. The van der Waals surface area contributed by atoms with Crippen LogP contribution in [0.1, 0.15) is 61.9 Å². The molecule has 12 nitrogen and oxygen atoms in total. The fourth-order valence-electron chi connectivity index (χ4n) is 5.53. The minimum atomic E-state index is -1.01. The summed E-state index contributed by atoms with van der Waals surface area (Å²) in [6.07, 6.45) is 2.34. The summed E-state index contributed by atoms with van der Waals surface area (Å²) in [6, 6.07) is 13.6. The number of carbonyl (C=O) groups is 5. The van der Waals surface area contributed by atoms with Gasteiger partial charge < -0.3 is 35.8 Å². The van der Waals surface area contributed by atoms with Crippen molar-refractivity contribution in [2.75, 3.05) is 47.4 Å². The number of fused-ring (bicyclic) bond motifs is 1. The molecule has 0 unspecified atom stereocenters. The molecule has 0 aromatic heterocycles. The highest BCUT2D eigenvalue weighted by atomic mass is 16.5. The number of benzene rings is 2. The first-order valence-corrected chi connectivity index (χ1v) is 16.8. The van der Waals surface area contributed by atoms with E-state index in [4.69, 9.17) is 4.74 Å². The standard InChI is InChI=1S/C36H52N6O6/c1-25(2)21-27-24-48-31-16-10-9-15-28(31)34(45)40-29(35(46)37-19-11-12-20-41(3)4)17-18-32(43)39-30(22-26-13-7-6-8-14-26)36(47)42(5)23-33(44)38-27/h6-10,13-16,25,27,29-30H,11-12,17-24H2,1-5H3,(H,37,46)(H,38,44)(H,39,43)(H,40,45)/t27-,29-,30-/m0/s1. The molecule has 1 aliphatic rings. The van der Waals surface area contributed by atoms with Crippen molar-refractivity contribution in [3.8, 4) is 5.75 Å². The lowest BCUT2D eigenvalue weighted by Crippen LogP contribution is -2.52. The number of likely N-dealkylation sites (N-methyl/N-ethyl adjacent to an activating group) is 1. The third-order valence-corrected chi connectivity index (χ3v) is 7.98. The van der Waals surface area contributed by atoms with Crippen LogP contribution < -0.4 is 26.0 Å². The number of nitrogens with zero attached hydrogens (tertiary/aromatic N) is 2. The van der Waals surface area contributed by atoms with Crippen molar-refractivity contribution < 1.29 is 28.7 Å². The molecule has 2 aromatic carbocycles.